The Bertz CT molecular complexity index is 5790. The maximum Gasteiger partial charge on any atom is 0.332 e. The van der Waals surface area contributed by atoms with E-state index in [0.717, 1.165) is 11.5 Å². The molecule has 0 saturated carbocycles. The molecule has 0 bridgehead atoms. The van der Waals surface area contributed by atoms with Gasteiger partial charge in [-0.15, -0.1) is 11.3 Å². The molecule has 2 atom stereocenters. The van der Waals surface area contributed by atoms with Gasteiger partial charge in [0.25, 0.3) is 5.82 Å². The van der Waals surface area contributed by atoms with Crippen molar-refractivity contribution < 1.29 is 27.4 Å². The second-order valence-corrected chi connectivity index (χ2v) is 34.8. The number of aromatic nitrogens is 8. The van der Waals surface area contributed by atoms with Gasteiger partial charge in [-0.3, -0.25) is 0 Å². The molecule has 102 heavy (non-hydrogen) atoms. The summed E-state index contributed by atoms with van der Waals surface area (Å²) in [4.78, 5) is 1.43. The third-order valence-electron chi connectivity index (χ3n) is 27.4. The molecule has 0 fully saturated rings. The molecule has 2 aromatic carbocycles. The Hall–Kier alpha value is -8.80. The molecule has 0 amide bonds. The summed E-state index contributed by atoms with van der Waals surface area (Å²) in [6.07, 6.45) is 10.7. The molecule has 7 aliphatic rings. The van der Waals surface area contributed by atoms with Crippen molar-refractivity contribution in [3.8, 4) is 44.8 Å². The van der Waals surface area contributed by atoms with Crippen molar-refractivity contribution in [3.63, 3.8) is 0 Å². The van der Waals surface area contributed by atoms with E-state index < -0.39 is 0 Å². The summed E-state index contributed by atoms with van der Waals surface area (Å²) in [5.74, 6) is 7.56. The zero-order chi connectivity index (χ0) is 73.4. The number of pyridine rings is 4. The molecule has 0 spiro atoms. The van der Waals surface area contributed by atoms with Crippen molar-refractivity contribution in [1.29, 1.82) is 0 Å². The molecule has 0 N–H and O–H groups in total. The zero-order valence-electron chi connectivity index (χ0n) is 66.5. The fourth-order valence-corrected chi connectivity index (χ4v) is 21.9. The van der Waals surface area contributed by atoms with Gasteiger partial charge in [-0.1, -0.05) is 56.3 Å². The van der Waals surface area contributed by atoms with E-state index in [4.69, 9.17) is 9.15 Å². The number of nitrogens with zero attached hydrogens (tertiary/aromatic N) is 8. The maximum atomic E-state index is 6.54. The summed E-state index contributed by atoms with van der Waals surface area (Å²) >= 11 is 1.87. The van der Waals surface area contributed by atoms with Crippen LogP contribution in [0.2, 0.25) is 0 Å². The minimum Gasteiger partial charge on any atom is -0.477 e. The summed E-state index contributed by atoms with van der Waals surface area (Å²) in [6.45, 7) is 68.5. The Kier molecular flexibility index (Phi) is 14.4. The van der Waals surface area contributed by atoms with Crippen LogP contribution in [0.5, 0.6) is 0 Å². The Labute approximate surface area is 608 Å². The van der Waals surface area contributed by atoms with Crippen molar-refractivity contribution >= 4 is 39.2 Å². The van der Waals surface area contributed by atoms with Crippen LogP contribution in [-0.2, 0) is 32.3 Å². The van der Waals surface area contributed by atoms with Gasteiger partial charge in [0.15, 0.2) is 22.1 Å². The highest BCUT2D eigenvalue weighted by atomic mass is 32.1. The molecule has 10 nitrogen and oxygen atoms in total. The molecule has 11 heteroatoms. The first-order valence-electron chi connectivity index (χ1n) is 37.2. The number of imidazole rings is 4. The van der Waals surface area contributed by atoms with Crippen LogP contribution in [0.4, 0.5) is 0 Å². The molecule has 15 heterocycles. The first-order chi connectivity index (χ1) is 47.8. The van der Waals surface area contributed by atoms with Gasteiger partial charge in [0.1, 0.15) is 78.7 Å². The first-order valence-corrected chi connectivity index (χ1v) is 38.1. The second-order valence-electron chi connectivity index (χ2n) is 33.9. The highest BCUT2D eigenvalue weighted by Crippen LogP contribution is 2.55. The monoisotopic (exact) mass is 1370 g/mol. The largest absolute Gasteiger partial charge is 0.477 e. The van der Waals surface area contributed by atoms with E-state index >= 15 is 0 Å². The maximum absolute atomic E-state index is 6.54. The van der Waals surface area contributed by atoms with Crippen molar-refractivity contribution in [3.05, 3.63) is 236 Å². The number of rotatable bonds is 0. The van der Waals surface area contributed by atoms with Crippen LogP contribution >= 0.6 is 11.3 Å². The number of fused-ring (bicyclic) bond motifs is 24. The number of aryl methyl sites for hydroxylation is 12. The number of benzene rings is 2. The van der Waals surface area contributed by atoms with Crippen molar-refractivity contribution in [2.75, 3.05) is 0 Å². The fourth-order valence-electron chi connectivity index (χ4n) is 20.8. The summed E-state index contributed by atoms with van der Waals surface area (Å²) < 4.78 is 32.4. The minimum atomic E-state index is -0.0990. The number of thiophene rings is 1. The van der Waals surface area contributed by atoms with Crippen LogP contribution in [-0.4, -0.2) is 23.7 Å². The molecule has 0 radical (unpaired) electrons. The normalized spacial score (nSPS) is 18.3. The third kappa shape index (κ3) is 8.18. The van der Waals surface area contributed by atoms with E-state index in [-0.39, 0.29) is 33.7 Å². The summed E-state index contributed by atoms with van der Waals surface area (Å²) in [6, 6.07) is 18.4. The number of hydrogen-bond donors (Lipinski definition) is 0. The second kappa shape index (κ2) is 21.7. The van der Waals surface area contributed by atoms with Gasteiger partial charge in [-0.05, 0) is 269 Å². The Morgan fingerprint density at radius 2 is 0.794 bits per heavy atom. The average molecular weight is 1380 g/mol. The molecule has 10 aromatic heterocycles. The summed E-state index contributed by atoms with van der Waals surface area (Å²) in [5, 5.41) is 2.23. The van der Waals surface area contributed by atoms with E-state index in [1.807, 2.05) is 17.6 Å². The van der Waals surface area contributed by atoms with E-state index in [9.17, 15) is 0 Å². The number of furan rings is 1. The van der Waals surface area contributed by atoms with Crippen LogP contribution in [0.1, 0.15) is 215 Å². The topological polar surface area (TPSA) is 55.5 Å². The van der Waals surface area contributed by atoms with Crippen LogP contribution in [0.25, 0.3) is 72.6 Å². The van der Waals surface area contributed by atoms with Crippen molar-refractivity contribution in [2.24, 2.45) is 5.92 Å². The lowest BCUT2D eigenvalue weighted by molar-refractivity contribution is -0.749. The highest BCUT2D eigenvalue weighted by Gasteiger charge is 2.58. The van der Waals surface area contributed by atoms with Gasteiger partial charge < -0.3 is 9.15 Å². The first kappa shape index (κ1) is 67.7. The molecule has 2 unspecified atom stereocenters. The SMILES string of the molecule is Cc1c(C)c(C)n2c3[n+](c(C)c2c1C)C(C)(C)C1=C3OC2C=CC=CC12.Cc1c(C)c(C)n2c3[n+](c(C)c2c1C)C(C)(C)c1cc2c(cc1-3)C(C)(C)c1ccccc1-2.Cc1c(C)c(C)n2c3[n+](c(C)c2c1C)C(C)(C)c1ccoc1-3.Cc1c(C)c(C)n2c3[n+](c(C)c2c1C)C(C)(C)c1ccsc1-3. The van der Waals surface area contributed by atoms with Crippen LogP contribution < -0.4 is 18.3 Å². The van der Waals surface area contributed by atoms with Gasteiger partial charge in [-0.2, -0.15) is 17.6 Å². The molecular weight excluding hydrogens is 1270 g/mol. The predicted octanol–water partition coefficient (Wildman–Crippen LogP) is 19.9. The molecule has 19 rings (SSSR count). The lowest BCUT2D eigenvalue weighted by atomic mass is 9.80. The Morgan fingerprint density at radius 1 is 0.373 bits per heavy atom. The molecule has 2 aliphatic carbocycles. The van der Waals surface area contributed by atoms with E-state index in [1.54, 1.807) is 0 Å². The Morgan fingerprint density at radius 3 is 1.32 bits per heavy atom. The van der Waals surface area contributed by atoms with Gasteiger partial charge in [0, 0.05) is 78.0 Å². The summed E-state index contributed by atoms with van der Waals surface area (Å²) in [7, 11) is 0. The Balaban J connectivity index is 0.000000107. The van der Waals surface area contributed by atoms with Gasteiger partial charge in [-0.25, -0.2) is 18.3 Å². The van der Waals surface area contributed by atoms with Gasteiger partial charge in [0.2, 0.25) is 11.5 Å². The van der Waals surface area contributed by atoms with Crippen LogP contribution in [0, 0.1) is 144 Å². The van der Waals surface area contributed by atoms with Gasteiger partial charge >= 0.3 is 17.5 Å². The average Bonchev–Trinajstić information content (AvgIpc) is 1.54. The molecule has 12 aromatic rings. The van der Waals surface area contributed by atoms with E-state index in [0.29, 0.717) is 5.92 Å². The molecule has 5 aliphatic heterocycles. The third-order valence-corrected chi connectivity index (χ3v) is 28.3. The van der Waals surface area contributed by atoms with Crippen LogP contribution in [0.3, 0.4) is 0 Å². The minimum absolute atomic E-state index is 0.0120. The quantitative estimate of drug-likeness (QED) is 0.142. The fraction of sp³-hybridized carbons (Fsp3) is 0.407. The van der Waals surface area contributed by atoms with E-state index in [1.165, 1.54) is 213 Å². The standard InChI is InChI=1S/C30H33N2.C23H27N2O.C19H23N2O.C19H23N2S/c1-16-17(2)19(4)31-27(18(16)3)20(5)32-28(31)23-15-25-22(14-26(23)30(32,8)9)21-12-10-11-13-24(21)29(25,6)7;1-12-13(2)15(4)24-20(14(12)3)16(5)25-22(24)21-19(23(25,6)7)17-10-8-9-11-18(17)26-21;2*1-10-11(2)13(4)20-16(12(10)3)14(5)21-18(20)17-15(8-9-22-17)19(21,6)7/h10-15H,1-9H3;8-11,17-18H,1-7H3;2*8-9H,1-7H3/q4*+1. The molecular formula is C91H106N8O2S+4. The highest BCUT2D eigenvalue weighted by molar-refractivity contribution is 7.13. The van der Waals surface area contributed by atoms with Crippen molar-refractivity contribution in [2.45, 2.75) is 241 Å². The zero-order valence-corrected chi connectivity index (χ0v) is 67.4. The number of hydrogen-bond acceptors (Lipinski definition) is 3. The number of allylic oxidation sites excluding steroid dienone is 2. The number of ether oxygens (including phenoxy) is 1. The summed E-state index contributed by atoms with van der Waals surface area (Å²) in [5.41, 5.74) is 45.4. The predicted molar refractivity (Wildman–Crippen MR) is 417 cm³/mol. The lowest BCUT2D eigenvalue weighted by Crippen LogP contribution is -2.54. The van der Waals surface area contributed by atoms with Gasteiger partial charge in [0.05, 0.1) is 17.4 Å². The van der Waals surface area contributed by atoms with E-state index in [2.05, 4.69) is 322 Å². The lowest BCUT2D eigenvalue weighted by Gasteiger charge is -2.26. The van der Waals surface area contributed by atoms with Crippen LogP contribution in [0.15, 0.2) is 94.5 Å². The smallest absolute Gasteiger partial charge is 0.332 e. The van der Waals surface area contributed by atoms with Crippen molar-refractivity contribution in [1.82, 2.24) is 17.6 Å². The molecule has 524 valence electrons. The molecule has 0 saturated heterocycles.